The van der Waals surface area contributed by atoms with Gasteiger partial charge in [0.05, 0.1) is 24.1 Å². The van der Waals surface area contributed by atoms with Crippen LogP contribution < -0.4 is 15.4 Å². The molecule has 0 bridgehead atoms. The maximum Gasteiger partial charge on any atom is 0.249 e. The second-order valence-electron chi connectivity index (χ2n) is 5.97. The number of hydrogen-bond donors (Lipinski definition) is 2. The third-order valence-electron chi connectivity index (χ3n) is 3.59. The molecule has 1 saturated heterocycles. The molecule has 24 heavy (non-hydrogen) atoms. The molecule has 1 aliphatic heterocycles. The van der Waals surface area contributed by atoms with Gasteiger partial charge in [-0.25, -0.2) is 0 Å². The number of benzene rings is 1. The van der Waals surface area contributed by atoms with Crippen LogP contribution in [0.15, 0.2) is 30.5 Å². The van der Waals surface area contributed by atoms with Crippen LogP contribution in [0.1, 0.15) is 26.7 Å². The average Bonchev–Trinajstić information content (AvgIpc) is 3.08. The van der Waals surface area contributed by atoms with Gasteiger partial charge in [0.2, 0.25) is 5.95 Å². The normalized spacial score (nSPS) is 17.0. The van der Waals surface area contributed by atoms with E-state index < -0.39 is 0 Å². The minimum Gasteiger partial charge on any atom is -0.489 e. The quantitative estimate of drug-likeness (QED) is 0.808. The third kappa shape index (κ3) is 4.55. The fourth-order valence-corrected chi connectivity index (χ4v) is 2.51. The highest BCUT2D eigenvalue weighted by atomic mass is 16.5. The molecule has 2 heterocycles. The van der Waals surface area contributed by atoms with Gasteiger partial charge in [-0.3, -0.25) is 0 Å². The Morgan fingerprint density at radius 1 is 1.33 bits per heavy atom. The molecule has 0 radical (unpaired) electrons. The van der Waals surface area contributed by atoms with Crippen molar-refractivity contribution in [2.24, 2.45) is 0 Å². The predicted octanol–water partition coefficient (Wildman–Crippen LogP) is 2.99. The zero-order valence-electron chi connectivity index (χ0n) is 14.0. The summed E-state index contributed by atoms with van der Waals surface area (Å²) in [4.78, 5) is 4.44. The van der Waals surface area contributed by atoms with E-state index in [1.54, 1.807) is 6.20 Å². The Kier molecular flexibility index (Phi) is 5.43. The third-order valence-corrected chi connectivity index (χ3v) is 3.59. The van der Waals surface area contributed by atoms with Gasteiger partial charge in [-0.15, -0.1) is 5.10 Å². The Hall–Kier alpha value is -2.41. The van der Waals surface area contributed by atoms with Gasteiger partial charge in [0, 0.05) is 13.2 Å². The molecule has 7 heteroatoms. The fraction of sp³-hybridized carbons (Fsp3) is 0.471. The lowest BCUT2D eigenvalue weighted by atomic mass is 10.2. The smallest absolute Gasteiger partial charge is 0.249 e. The zero-order chi connectivity index (χ0) is 16.8. The maximum absolute atomic E-state index is 5.79. The van der Waals surface area contributed by atoms with E-state index in [9.17, 15) is 0 Å². The van der Waals surface area contributed by atoms with E-state index in [0.29, 0.717) is 11.8 Å². The standard InChI is InChI=1S/C17H23N5O2/c1-12(2)24-15-8-4-3-7-14(15)20-17-21-16(11-19-22-17)18-10-13-6-5-9-23-13/h3-4,7-8,11-13H,5-6,9-10H2,1-2H3,(H2,18,20,21,22). The van der Waals surface area contributed by atoms with Gasteiger partial charge >= 0.3 is 0 Å². The first-order valence-corrected chi connectivity index (χ1v) is 8.28. The van der Waals surface area contributed by atoms with Gasteiger partial charge in [-0.2, -0.15) is 10.1 Å². The first-order valence-electron chi connectivity index (χ1n) is 8.28. The largest absolute Gasteiger partial charge is 0.489 e. The van der Waals surface area contributed by atoms with Crippen LogP contribution in [-0.4, -0.2) is 40.5 Å². The van der Waals surface area contributed by atoms with E-state index >= 15 is 0 Å². The number of nitrogens with zero attached hydrogens (tertiary/aromatic N) is 3. The summed E-state index contributed by atoms with van der Waals surface area (Å²) in [6.45, 7) is 5.55. The van der Waals surface area contributed by atoms with E-state index in [4.69, 9.17) is 9.47 Å². The average molecular weight is 329 g/mol. The number of hydrogen-bond acceptors (Lipinski definition) is 7. The molecule has 0 aliphatic carbocycles. The van der Waals surface area contributed by atoms with Crippen LogP contribution in [0, 0.1) is 0 Å². The zero-order valence-corrected chi connectivity index (χ0v) is 14.0. The number of ether oxygens (including phenoxy) is 2. The van der Waals surface area contributed by atoms with Crippen molar-refractivity contribution in [2.45, 2.75) is 38.9 Å². The minimum absolute atomic E-state index is 0.0893. The molecule has 0 saturated carbocycles. The highest BCUT2D eigenvalue weighted by molar-refractivity contribution is 5.62. The lowest BCUT2D eigenvalue weighted by Gasteiger charge is -2.15. The second-order valence-corrected chi connectivity index (χ2v) is 5.97. The predicted molar refractivity (Wildman–Crippen MR) is 92.8 cm³/mol. The molecule has 0 amide bonds. The molecule has 3 rings (SSSR count). The first-order chi connectivity index (χ1) is 11.7. The topological polar surface area (TPSA) is 81.2 Å². The summed E-state index contributed by atoms with van der Waals surface area (Å²) < 4.78 is 11.4. The Morgan fingerprint density at radius 2 is 2.21 bits per heavy atom. The van der Waals surface area contributed by atoms with Gasteiger partial charge in [0.25, 0.3) is 0 Å². The molecule has 1 atom stereocenters. The van der Waals surface area contributed by atoms with Gasteiger partial charge in [-0.1, -0.05) is 12.1 Å². The Morgan fingerprint density at radius 3 is 3.00 bits per heavy atom. The molecule has 7 nitrogen and oxygen atoms in total. The van der Waals surface area contributed by atoms with Crippen molar-refractivity contribution in [2.75, 3.05) is 23.8 Å². The molecule has 128 valence electrons. The maximum atomic E-state index is 5.79. The summed E-state index contributed by atoms with van der Waals surface area (Å²) in [6, 6.07) is 7.70. The van der Waals surface area contributed by atoms with Gasteiger partial charge in [0.1, 0.15) is 5.75 Å². The summed E-state index contributed by atoms with van der Waals surface area (Å²) in [6.07, 6.45) is 4.14. The van der Waals surface area contributed by atoms with Crippen molar-refractivity contribution in [1.29, 1.82) is 0 Å². The van der Waals surface area contributed by atoms with E-state index in [1.165, 1.54) is 0 Å². The number of nitrogens with one attached hydrogen (secondary N) is 2. The van der Waals surface area contributed by atoms with Gasteiger partial charge in [-0.05, 0) is 38.8 Å². The van der Waals surface area contributed by atoms with E-state index in [-0.39, 0.29) is 12.2 Å². The van der Waals surface area contributed by atoms with Crippen molar-refractivity contribution in [1.82, 2.24) is 15.2 Å². The van der Waals surface area contributed by atoms with Crippen molar-refractivity contribution >= 4 is 17.5 Å². The molecule has 1 aliphatic rings. The van der Waals surface area contributed by atoms with Crippen LogP contribution in [0.4, 0.5) is 17.5 Å². The van der Waals surface area contributed by atoms with E-state index in [1.807, 2.05) is 38.1 Å². The molecular weight excluding hydrogens is 306 g/mol. The van der Waals surface area contributed by atoms with Crippen LogP contribution in [0.5, 0.6) is 5.75 Å². The van der Waals surface area contributed by atoms with E-state index in [2.05, 4.69) is 25.8 Å². The van der Waals surface area contributed by atoms with Crippen LogP contribution in [-0.2, 0) is 4.74 Å². The number of aromatic nitrogens is 3. The molecule has 0 spiro atoms. The highest BCUT2D eigenvalue weighted by Crippen LogP contribution is 2.27. The Labute approximate surface area is 141 Å². The minimum atomic E-state index is 0.0893. The molecule has 1 aromatic heterocycles. The van der Waals surface area contributed by atoms with Crippen molar-refractivity contribution in [3.05, 3.63) is 30.5 Å². The second kappa shape index (κ2) is 7.92. The number of para-hydroxylation sites is 2. The summed E-state index contributed by atoms with van der Waals surface area (Å²) >= 11 is 0. The number of anilines is 3. The van der Waals surface area contributed by atoms with Crippen LogP contribution in [0.25, 0.3) is 0 Å². The van der Waals surface area contributed by atoms with Crippen molar-refractivity contribution < 1.29 is 9.47 Å². The van der Waals surface area contributed by atoms with Crippen LogP contribution in [0.2, 0.25) is 0 Å². The lowest BCUT2D eigenvalue weighted by molar-refractivity contribution is 0.120. The summed E-state index contributed by atoms with van der Waals surface area (Å²) in [5.41, 5.74) is 0.810. The molecule has 1 fully saturated rings. The molecule has 1 aromatic carbocycles. The summed E-state index contributed by atoms with van der Waals surface area (Å²) in [5, 5.41) is 14.4. The molecular formula is C17H23N5O2. The Bertz CT molecular complexity index is 659. The fourth-order valence-electron chi connectivity index (χ4n) is 2.51. The SMILES string of the molecule is CC(C)Oc1ccccc1Nc1nncc(NCC2CCCO2)n1. The molecule has 2 aromatic rings. The lowest BCUT2D eigenvalue weighted by Crippen LogP contribution is -2.19. The first kappa shape index (κ1) is 16.4. The molecule has 2 N–H and O–H groups in total. The van der Waals surface area contributed by atoms with Crippen molar-refractivity contribution in [3.8, 4) is 5.75 Å². The van der Waals surface area contributed by atoms with Crippen LogP contribution in [0.3, 0.4) is 0 Å². The van der Waals surface area contributed by atoms with Crippen LogP contribution >= 0.6 is 0 Å². The van der Waals surface area contributed by atoms with Crippen molar-refractivity contribution in [3.63, 3.8) is 0 Å². The number of rotatable bonds is 7. The van der Waals surface area contributed by atoms with Gasteiger partial charge in [0.15, 0.2) is 5.82 Å². The van der Waals surface area contributed by atoms with Gasteiger partial charge < -0.3 is 20.1 Å². The molecule has 1 unspecified atom stereocenters. The summed E-state index contributed by atoms with van der Waals surface area (Å²) in [5.74, 6) is 1.85. The summed E-state index contributed by atoms with van der Waals surface area (Å²) in [7, 11) is 0. The van der Waals surface area contributed by atoms with E-state index in [0.717, 1.165) is 37.4 Å². The monoisotopic (exact) mass is 329 g/mol. The highest BCUT2D eigenvalue weighted by Gasteiger charge is 2.15. The Balaban J connectivity index is 1.66.